The summed E-state index contributed by atoms with van der Waals surface area (Å²) in [4.78, 5) is 4.31. The van der Waals surface area contributed by atoms with Crippen molar-refractivity contribution in [2.24, 2.45) is 10.7 Å². The number of benzene rings is 1. The Morgan fingerprint density at radius 2 is 1.95 bits per heavy atom. The molecule has 6 heteroatoms. The molecule has 1 saturated carbocycles. The Labute approximate surface area is 141 Å². The van der Waals surface area contributed by atoms with Gasteiger partial charge in [0.1, 0.15) is 11.6 Å². The number of halogens is 3. The second-order valence-corrected chi connectivity index (χ2v) is 6.48. The zero-order chi connectivity index (χ0) is 15.0. The summed E-state index contributed by atoms with van der Waals surface area (Å²) in [6, 6.07) is 3.73. The van der Waals surface area contributed by atoms with Crippen LogP contribution in [0.25, 0.3) is 0 Å². The predicted molar refractivity (Wildman–Crippen MR) is 92.1 cm³/mol. The van der Waals surface area contributed by atoms with Crippen LogP contribution in [0.2, 0.25) is 0 Å². The third-order valence-corrected chi connectivity index (χ3v) is 3.41. The van der Waals surface area contributed by atoms with E-state index in [1.54, 1.807) is 0 Å². The van der Waals surface area contributed by atoms with Gasteiger partial charge in [0.25, 0.3) is 0 Å². The number of nitrogens with two attached hydrogens (primary N) is 1. The van der Waals surface area contributed by atoms with Gasteiger partial charge in [0, 0.05) is 17.0 Å². The number of hydrogen-bond acceptors (Lipinski definition) is 1. The highest BCUT2D eigenvalue weighted by Crippen LogP contribution is 2.49. The molecule has 3 nitrogen and oxygen atoms in total. The van der Waals surface area contributed by atoms with Gasteiger partial charge in [0.15, 0.2) is 5.96 Å². The number of guanidine groups is 1. The molecule has 0 aromatic heterocycles. The van der Waals surface area contributed by atoms with E-state index in [9.17, 15) is 8.78 Å². The van der Waals surface area contributed by atoms with Crippen molar-refractivity contribution < 1.29 is 8.78 Å². The lowest BCUT2D eigenvalue weighted by Gasteiger charge is -2.22. The van der Waals surface area contributed by atoms with Crippen LogP contribution in [-0.4, -0.2) is 18.0 Å². The second kappa shape index (κ2) is 6.46. The molecule has 0 atom stereocenters. The first kappa shape index (κ1) is 18.1. The first-order valence-electron chi connectivity index (χ1n) is 6.76. The molecular formula is C15H22F2IN3. The maximum atomic E-state index is 13.8. The summed E-state index contributed by atoms with van der Waals surface area (Å²) in [5.41, 5.74) is 5.87. The fourth-order valence-corrected chi connectivity index (χ4v) is 2.24. The van der Waals surface area contributed by atoms with Gasteiger partial charge in [-0.15, -0.1) is 24.0 Å². The Balaban J connectivity index is 0.00000220. The van der Waals surface area contributed by atoms with Crippen LogP contribution in [0, 0.1) is 11.6 Å². The van der Waals surface area contributed by atoms with Gasteiger partial charge in [-0.25, -0.2) is 8.78 Å². The Morgan fingerprint density at radius 3 is 2.43 bits per heavy atom. The number of nitrogens with one attached hydrogen (secondary N) is 1. The monoisotopic (exact) mass is 409 g/mol. The van der Waals surface area contributed by atoms with E-state index in [0.29, 0.717) is 18.1 Å². The lowest BCUT2D eigenvalue weighted by molar-refractivity contribution is 0.506. The molecular weight excluding hydrogens is 387 g/mol. The SMILES string of the molecule is CC(C)(C)NC(N)=NCC1(c2ccc(F)cc2F)CC1.I. The molecule has 0 amide bonds. The zero-order valence-electron chi connectivity index (χ0n) is 12.5. The lowest BCUT2D eigenvalue weighted by atomic mass is 9.95. The molecule has 2 rings (SSSR count). The highest BCUT2D eigenvalue weighted by Gasteiger charge is 2.46. The Bertz CT molecular complexity index is 534. The van der Waals surface area contributed by atoms with Crippen molar-refractivity contribution in [3.8, 4) is 0 Å². The minimum atomic E-state index is -0.556. The van der Waals surface area contributed by atoms with Crippen molar-refractivity contribution in [2.75, 3.05) is 6.54 Å². The number of aliphatic imine (C=N–C) groups is 1. The zero-order valence-corrected chi connectivity index (χ0v) is 14.9. The maximum Gasteiger partial charge on any atom is 0.189 e. The molecule has 0 unspecified atom stereocenters. The third kappa shape index (κ3) is 4.79. The molecule has 21 heavy (non-hydrogen) atoms. The van der Waals surface area contributed by atoms with Crippen molar-refractivity contribution in [1.29, 1.82) is 0 Å². The Hall–Kier alpha value is -0.920. The minimum Gasteiger partial charge on any atom is -0.370 e. The summed E-state index contributed by atoms with van der Waals surface area (Å²) in [5.74, 6) is -0.703. The summed E-state index contributed by atoms with van der Waals surface area (Å²) in [6.07, 6.45) is 1.70. The van der Waals surface area contributed by atoms with Crippen LogP contribution >= 0.6 is 24.0 Å². The van der Waals surface area contributed by atoms with Gasteiger partial charge in [-0.1, -0.05) is 6.07 Å². The van der Waals surface area contributed by atoms with E-state index in [1.807, 2.05) is 20.8 Å². The molecule has 0 radical (unpaired) electrons. The van der Waals surface area contributed by atoms with E-state index < -0.39 is 11.6 Å². The molecule has 1 aromatic carbocycles. The quantitative estimate of drug-likeness (QED) is 0.457. The smallest absolute Gasteiger partial charge is 0.189 e. The largest absolute Gasteiger partial charge is 0.370 e. The van der Waals surface area contributed by atoms with Gasteiger partial charge < -0.3 is 11.1 Å². The molecule has 1 fully saturated rings. The second-order valence-electron chi connectivity index (χ2n) is 6.48. The topological polar surface area (TPSA) is 50.4 Å². The Morgan fingerprint density at radius 1 is 1.33 bits per heavy atom. The van der Waals surface area contributed by atoms with Crippen molar-refractivity contribution in [3.05, 3.63) is 35.4 Å². The van der Waals surface area contributed by atoms with E-state index in [0.717, 1.165) is 18.9 Å². The summed E-state index contributed by atoms with van der Waals surface area (Å²) in [6.45, 7) is 6.39. The van der Waals surface area contributed by atoms with Crippen LogP contribution < -0.4 is 11.1 Å². The summed E-state index contributed by atoms with van der Waals surface area (Å²) < 4.78 is 26.8. The molecule has 1 aliphatic rings. The summed E-state index contributed by atoms with van der Waals surface area (Å²) in [5, 5.41) is 3.07. The number of nitrogens with zero attached hydrogens (tertiary/aromatic N) is 1. The Kier molecular flexibility index (Phi) is 5.57. The van der Waals surface area contributed by atoms with E-state index in [1.165, 1.54) is 12.1 Å². The van der Waals surface area contributed by atoms with Gasteiger partial charge >= 0.3 is 0 Å². The highest BCUT2D eigenvalue weighted by molar-refractivity contribution is 14.0. The standard InChI is InChI=1S/C15H21F2N3.HI/c1-14(2,3)20-13(18)19-9-15(6-7-15)11-5-4-10(16)8-12(11)17;/h4-5,8H,6-7,9H2,1-3H3,(H3,18,19,20);1H. The highest BCUT2D eigenvalue weighted by atomic mass is 127. The molecule has 0 saturated heterocycles. The first-order valence-corrected chi connectivity index (χ1v) is 6.76. The minimum absolute atomic E-state index is 0. The van der Waals surface area contributed by atoms with Crippen molar-refractivity contribution >= 4 is 29.9 Å². The number of rotatable bonds is 3. The van der Waals surface area contributed by atoms with Crippen LogP contribution in [0.15, 0.2) is 23.2 Å². The van der Waals surface area contributed by atoms with Crippen molar-refractivity contribution in [1.82, 2.24) is 5.32 Å². The van der Waals surface area contributed by atoms with Crippen molar-refractivity contribution in [3.63, 3.8) is 0 Å². The van der Waals surface area contributed by atoms with Crippen LogP contribution in [-0.2, 0) is 5.41 Å². The van der Waals surface area contributed by atoms with Crippen LogP contribution in [0.1, 0.15) is 39.2 Å². The summed E-state index contributed by atoms with van der Waals surface area (Å²) >= 11 is 0. The van der Waals surface area contributed by atoms with Gasteiger partial charge in [0.2, 0.25) is 0 Å². The van der Waals surface area contributed by atoms with Gasteiger partial charge in [-0.05, 0) is 45.2 Å². The fourth-order valence-electron chi connectivity index (χ4n) is 2.24. The van der Waals surface area contributed by atoms with E-state index in [4.69, 9.17) is 5.73 Å². The van der Waals surface area contributed by atoms with Crippen molar-refractivity contribution in [2.45, 2.75) is 44.6 Å². The van der Waals surface area contributed by atoms with E-state index in [2.05, 4.69) is 10.3 Å². The maximum absolute atomic E-state index is 13.8. The predicted octanol–water partition coefficient (Wildman–Crippen LogP) is 3.32. The average molecular weight is 409 g/mol. The van der Waals surface area contributed by atoms with Gasteiger partial charge in [0.05, 0.1) is 6.54 Å². The average Bonchev–Trinajstić information content (AvgIpc) is 3.05. The molecule has 0 heterocycles. The number of hydrogen-bond donors (Lipinski definition) is 2. The van der Waals surface area contributed by atoms with E-state index in [-0.39, 0.29) is 34.9 Å². The van der Waals surface area contributed by atoms with Crippen LogP contribution in [0.3, 0.4) is 0 Å². The molecule has 1 aliphatic carbocycles. The first-order chi connectivity index (χ1) is 9.22. The third-order valence-electron chi connectivity index (χ3n) is 3.41. The van der Waals surface area contributed by atoms with E-state index >= 15 is 0 Å². The fraction of sp³-hybridized carbons (Fsp3) is 0.533. The summed E-state index contributed by atoms with van der Waals surface area (Å²) in [7, 11) is 0. The molecule has 118 valence electrons. The van der Waals surface area contributed by atoms with Gasteiger partial charge in [-0.2, -0.15) is 0 Å². The van der Waals surface area contributed by atoms with Crippen LogP contribution in [0.4, 0.5) is 8.78 Å². The molecule has 0 bridgehead atoms. The van der Waals surface area contributed by atoms with Crippen LogP contribution in [0.5, 0.6) is 0 Å². The molecule has 3 N–H and O–H groups in total. The normalized spacial score (nSPS) is 17.1. The van der Waals surface area contributed by atoms with Gasteiger partial charge in [-0.3, -0.25) is 4.99 Å². The molecule has 0 aliphatic heterocycles. The molecule has 1 aromatic rings. The lowest BCUT2D eigenvalue weighted by Crippen LogP contribution is -2.45. The molecule has 0 spiro atoms.